The number of nitrogen functional groups attached to an aromatic ring is 1. The third-order valence-corrected chi connectivity index (χ3v) is 8.51. The highest BCUT2D eigenvalue weighted by atomic mass is 16.5. The fourth-order valence-electron chi connectivity index (χ4n) is 6.66. The Balaban J connectivity index is 1.52. The van der Waals surface area contributed by atoms with Crippen LogP contribution in [0.25, 0.3) is 16.5 Å². The smallest absolute Gasteiger partial charge is 0.265 e. The highest BCUT2D eigenvalue weighted by molar-refractivity contribution is 6.26. The van der Waals surface area contributed by atoms with Gasteiger partial charge < -0.3 is 30.3 Å². The standard InChI is InChI=1S/C29H31N3O7/c1-4-5-9-38-28-21-25(39-31-28)22(32(2)3)17-12-14-10-13-11-16-15(7-6-8-18(16)30)23(33)19(13)24(34)20(14)26(35)29(17,37)27(21)36/h6-8,11,14,17,22,33-34,37H,4-5,9-10,12,30H2,1-3H3/t14-,17-,22-,29-/m0/s1. The molecule has 204 valence electrons. The molecule has 3 aliphatic rings. The van der Waals surface area contributed by atoms with Crippen LogP contribution in [0.2, 0.25) is 0 Å². The average molecular weight is 534 g/mol. The van der Waals surface area contributed by atoms with Gasteiger partial charge >= 0.3 is 0 Å². The summed E-state index contributed by atoms with van der Waals surface area (Å²) >= 11 is 0. The minimum atomic E-state index is -2.47. The number of ketones is 2. The summed E-state index contributed by atoms with van der Waals surface area (Å²) in [7, 11) is 3.56. The molecule has 3 aromatic rings. The van der Waals surface area contributed by atoms with E-state index < -0.39 is 40.8 Å². The molecule has 39 heavy (non-hydrogen) atoms. The Morgan fingerprint density at radius 2 is 1.95 bits per heavy atom. The van der Waals surface area contributed by atoms with Crippen LogP contribution in [-0.4, -0.2) is 63.2 Å². The molecule has 4 atom stereocenters. The Bertz CT molecular complexity index is 1570. The van der Waals surface area contributed by atoms with Gasteiger partial charge in [-0.1, -0.05) is 25.5 Å². The largest absolute Gasteiger partial charge is 0.507 e. The Labute approximate surface area is 224 Å². The number of nitrogens with zero attached hydrogens (tertiary/aromatic N) is 2. The number of aromatic hydroxyl groups is 1. The summed E-state index contributed by atoms with van der Waals surface area (Å²) in [6, 6.07) is 6.28. The first kappa shape index (κ1) is 25.4. The Hall–Kier alpha value is -3.89. The molecule has 1 heterocycles. The summed E-state index contributed by atoms with van der Waals surface area (Å²) in [6.07, 6.45) is 2.12. The van der Waals surface area contributed by atoms with Gasteiger partial charge in [0.15, 0.2) is 11.4 Å². The molecule has 0 bridgehead atoms. The molecule has 1 fully saturated rings. The maximum Gasteiger partial charge on any atom is 0.265 e. The number of aliphatic hydroxyl groups excluding tert-OH is 1. The molecule has 6 rings (SSSR count). The summed E-state index contributed by atoms with van der Waals surface area (Å²) in [5, 5.41) is 39.6. The molecule has 5 N–H and O–H groups in total. The van der Waals surface area contributed by atoms with Crippen molar-refractivity contribution in [1.82, 2.24) is 10.1 Å². The van der Waals surface area contributed by atoms with Crippen LogP contribution in [0.15, 0.2) is 34.4 Å². The molecule has 1 aromatic heterocycles. The van der Waals surface area contributed by atoms with Crippen molar-refractivity contribution in [1.29, 1.82) is 0 Å². The van der Waals surface area contributed by atoms with Crippen molar-refractivity contribution >= 4 is 33.8 Å². The molecular weight excluding hydrogens is 502 g/mol. The van der Waals surface area contributed by atoms with Crippen LogP contribution < -0.4 is 10.5 Å². The van der Waals surface area contributed by atoms with E-state index >= 15 is 0 Å². The highest BCUT2D eigenvalue weighted by Crippen LogP contribution is 2.56. The quantitative estimate of drug-likeness (QED) is 0.217. The van der Waals surface area contributed by atoms with Crippen molar-refractivity contribution < 1.29 is 34.2 Å². The average Bonchev–Trinajstić information content (AvgIpc) is 3.30. The van der Waals surface area contributed by atoms with E-state index in [-0.39, 0.29) is 40.5 Å². The van der Waals surface area contributed by atoms with Crippen LogP contribution in [-0.2, 0) is 11.2 Å². The molecule has 0 amide bonds. The number of nitrogens with two attached hydrogens (primary N) is 1. The molecule has 1 saturated carbocycles. The molecular formula is C29H31N3O7. The fourth-order valence-corrected chi connectivity index (χ4v) is 6.66. The number of phenolic OH excluding ortho intramolecular Hbond substituents is 1. The third kappa shape index (κ3) is 3.37. The lowest BCUT2D eigenvalue weighted by molar-refractivity contribution is -0.142. The Morgan fingerprint density at radius 3 is 2.67 bits per heavy atom. The van der Waals surface area contributed by atoms with E-state index in [0.717, 1.165) is 12.8 Å². The van der Waals surface area contributed by atoms with Gasteiger partial charge in [-0.2, -0.15) is 0 Å². The number of hydrogen-bond acceptors (Lipinski definition) is 10. The molecule has 3 aliphatic carbocycles. The summed E-state index contributed by atoms with van der Waals surface area (Å²) < 4.78 is 11.3. The van der Waals surface area contributed by atoms with Crippen LogP contribution in [0, 0.1) is 11.8 Å². The summed E-state index contributed by atoms with van der Waals surface area (Å²) in [4.78, 5) is 29.9. The first-order chi connectivity index (χ1) is 18.6. The van der Waals surface area contributed by atoms with Gasteiger partial charge in [-0.3, -0.25) is 14.5 Å². The number of anilines is 1. The van der Waals surface area contributed by atoms with Crippen molar-refractivity contribution in [3.05, 3.63) is 52.3 Å². The highest BCUT2D eigenvalue weighted by Gasteiger charge is 2.65. The number of aromatic nitrogens is 1. The number of hydrogen-bond donors (Lipinski definition) is 4. The Kier molecular flexibility index (Phi) is 5.74. The van der Waals surface area contributed by atoms with Crippen LogP contribution >= 0.6 is 0 Å². The molecule has 10 heteroatoms. The zero-order chi connectivity index (χ0) is 27.8. The molecule has 2 aromatic carbocycles. The molecule has 0 radical (unpaired) electrons. The van der Waals surface area contributed by atoms with Gasteiger partial charge in [-0.25, -0.2) is 0 Å². The molecule has 0 saturated heterocycles. The van der Waals surface area contributed by atoms with Crippen molar-refractivity contribution in [2.75, 3.05) is 26.4 Å². The van der Waals surface area contributed by atoms with E-state index in [0.29, 0.717) is 35.1 Å². The number of ether oxygens (including phenoxy) is 1. The van der Waals surface area contributed by atoms with Gasteiger partial charge in [0.1, 0.15) is 17.1 Å². The van der Waals surface area contributed by atoms with Gasteiger partial charge in [-0.05, 0) is 62.1 Å². The van der Waals surface area contributed by atoms with E-state index in [1.807, 2.05) is 13.0 Å². The minimum Gasteiger partial charge on any atom is -0.507 e. The summed E-state index contributed by atoms with van der Waals surface area (Å²) in [5.41, 5.74) is 4.83. The van der Waals surface area contributed by atoms with Crippen LogP contribution in [0.5, 0.6) is 11.6 Å². The zero-order valence-corrected chi connectivity index (χ0v) is 22.0. The number of benzene rings is 2. The van der Waals surface area contributed by atoms with Crippen LogP contribution in [0.4, 0.5) is 5.69 Å². The number of phenols is 1. The lowest BCUT2D eigenvalue weighted by atomic mass is 9.57. The first-order valence-electron chi connectivity index (χ1n) is 13.2. The number of Topliss-reactive ketones (excluding diaryl/α,β-unsaturated/α-hetero) is 2. The van der Waals surface area contributed by atoms with Crippen molar-refractivity contribution in [3.8, 4) is 11.6 Å². The van der Waals surface area contributed by atoms with E-state index in [9.17, 15) is 24.9 Å². The van der Waals surface area contributed by atoms with Crippen LogP contribution in [0.3, 0.4) is 0 Å². The van der Waals surface area contributed by atoms with Gasteiger partial charge in [0.2, 0.25) is 11.6 Å². The topological polar surface area (TPSA) is 159 Å². The molecule has 0 unspecified atom stereocenters. The van der Waals surface area contributed by atoms with Gasteiger partial charge in [0.25, 0.3) is 5.88 Å². The maximum atomic E-state index is 14.1. The predicted molar refractivity (Wildman–Crippen MR) is 142 cm³/mol. The van der Waals surface area contributed by atoms with E-state index in [4.69, 9.17) is 15.0 Å². The van der Waals surface area contributed by atoms with Crippen molar-refractivity contribution in [3.63, 3.8) is 0 Å². The Morgan fingerprint density at radius 1 is 1.18 bits per heavy atom. The zero-order valence-electron chi connectivity index (χ0n) is 22.0. The van der Waals surface area contributed by atoms with E-state index in [1.54, 1.807) is 37.2 Å². The van der Waals surface area contributed by atoms with Gasteiger partial charge in [0, 0.05) is 28.0 Å². The monoisotopic (exact) mass is 533 g/mol. The van der Waals surface area contributed by atoms with Gasteiger partial charge in [0.05, 0.1) is 18.2 Å². The lowest BCUT2D eigenvalue weighted by Crippen LogP contribution is -2.63. The van der Waals surface area contributed by atoms with E-state index in [2.05, 4.69) is 5.16 Å². The van der Waals surface area contributed by atoms with Crippen molar-refractivity contribution in [2.45, 2.75) is 44.2 Å². The van der Waals surface area contributed by atoms with Crippen molar-refractivity contribution in [2.24, 2.45) is 11.8 Å². The number of fused-ring (bicyclic) bond motifs is 5. The lowest BCUT2D eigenvalue weighted by Gasteiger charge is -2.49. The van der Waals surface area contributed by atoms with Gasteiger partial charge in [-0.15, -0.1) is 0 Å². The predicted octanol–water partition coefficient (Wildman–Crippen LogP) is 3.56. The fraction of sp³-hybridized carbons (Fsp3) is 0.414. The minimum absolute atomic E-state index is 0.0454. The molecule has 0 aliphatic heterocycles. The second-order valence-corrected chi connectivity index (χ2v) is 11.0. The van der Waals surface area contributed by atoms with Crippen LogP contribution in [0.1, 0.15) is 59.5 Å². The normalized spacial score (nSPS) is 25.9. The number of unbranched alkanes of at least 4 members (excludes halogenated alkanes) is 1. The summed E-state index contributed by atoms with van der Waals surface area (Å²) in [6.45, 7) is 2.30. The third-order valence-electron chi connectivity index (χ3n) is 8.51. The second-order valence-electron chi connectivity index (χ2n) is 11.0. The molecule has 10 nitrogen and oxygen atoms in total. The first-order valence-corrected chi connectivity index (χ1v) is 13.2. The number of rotatable bonds is 5. The maximum absolute atomic E-state index is 14.1. The molecule has 0 spiro atoms. The summed E-state index contributed by atoms with van der Waals surface area (Å²) in [5.74, 6) is -3.51. The second kappa shape index (κ2) is 8.82. The van der Waals surface area contributed by atoms with E-state index in [1.165, 1.54) is 0 Å². The SMILES string of the molecule is CCCCOc1noc2c1C(=O)[C@@]1(O)C(=O)C3=C(O)c4c(cc5c(N)cccc5c4O)C[C@H]3C[C@H]1[C@@H]2N(C)C. The number of carbonyl (C=O) groups is 2. The number of carbonyl (C=O) groups excluding carboxylic acids is 2. The number of aliphatic hydroxyl groups is 2.